The number of rotatable bonds is 6. The zero-order valence-electron chi connectivity index (χ0n) is 9.60. The van der Waals surface area contributed by atoms with E-state index < -0.39 is 12.0 Å². The minimum atomic E-state index is -1.03. The Bertz CT molecular complexity index is 259. The Morgan fingerprint density at radius 3 is 2.53 bits per heavy atom. The lowest BCUT2D eigenvalue weighted by Gasteiger charge is -2.04. The van der Waals surface area contributed by atoms with Crippen molar-refractivity contribution in [3.05, 3.63) is 11.8 Å². The SMILES string of the molecule is CC/C(=C\C(N)C(=O)O)N=CC(C)CC. The van der Waals surface area contributed by atoms with Gasteiger partial charge in [0.2, 0.25) is 0 Å². The van der Waals surface area contributed by atoms with Crippen LogP contribution < -0.4 is 5.73 Å². The topological polar surface area (TPSA) is 75.7 Å². The van der Waals surface area contributed by atoms with Crippen molar-refractivity contribution in [2.24, 2.45) is 16.6 Å². The van der Waals surface area contributed by atoms with Crippen LogP contribution in [0.1, 0.15) is 33.6 Å². The lowest BCUT2D eigenvalue weighted by atomic mass is 10.1. The minimum absolute atomic E-state index is 0.404. The van der Waals surface area contributed by atoms with Crippen LogP contribution in [0.2, 0.25) is 0 Å². The number of carbonyl (C=O) groups is 1. The fraction of sp³-hybridized carbons (Fsp3) is 0.636. The van der Waals surface area contributed by atoms with Gasteiger partial charge in [-0.3, -0.25) is 9.79 Å². The summed E-state index contributed by atoms with van der Waals surface area (Å²) in [6, 6.07) is -0.964. The molecule has 4 heteroatoms. The number of aliphatic imine (C=N–C) groups is 1. The summed E-state index contributed by atoms with van der Waals surface area (Å²) in [5, 5.41) is 8.63. The Kier molecular flexibility index (Phi) is 6.62. The second kappa shape index (κ2) is 7.17. The average Bonchev–Trinajstić information content (AvgIpc) is 2.22. The van der Waals surface area contributed by atoms with Gasteiger partial charge < -0.3 is 10.8 Å². The number of carboxylic acids is 1. The van der Waals surface area contributed by atoms with E-state index in [1.807, 2.05) is 13.1 Å². The second-order valence-electron chi connectivity index (χ2n) is 3.54. The number of nitrogens with two attached hydrogens (primary N) is 1. The van der Waals surface area contributed by atoms with Gasteiger partial charge in [-0.05, 0) is 24.8 Å². The molecule has 0 aliphatic carbocycles. The number of hydrogen-bond donors (Lipinski definition) is 2. The predicted molar refractivity (Wildman–Crippen MR) is 61.9 cm³/mol. The van der Waals surface area contributed by atoms with E-state index in [-0.39, 0.29) is 0 Å². The van der Waals surface area contributed by atoms with Crippen molar-refractivity contribution in [1.82, 2.24) is 0 Å². The summed E-state index contributed by atoms with van der Waals surface area (Å²) >= 11 is 0. The molecule has 15 heavy (non-hydrogen) atoms. The van der Waals surface area contributed by atoms with Crippen LogP contribution in [0.25, 0.3) is 0 Å². The van der Waals surface area contributed by atoms with Gasteiger partial charge in [-0.15, -0.1) is 0 Å². The highest BCUT2D eigenvalue weighted by Gasteiger charge is 2.08. The molecule has 0 bridgehead atoms. The first-order valence-corrected chi connectivity index (χ1v) is 5.24. The standard InChI is InChI=1S/C11H20N2O2/c1-4-8(3)7-13-9(5-2)6-10(12)11(14)15/h6-8,10H,4-5,12H2,1-3H3,(H,14,15)/b9-6+,13-7?. The first kappa shape index (κ1) is 13.8. The van der Waals surface area contributed by atoms with Crippen LogP contribution >= 0.6 is 0 Å². The van der Waals surface area contributed by atoms with E-state index in [4.69, 9.17) is 10.8 Å². The number of hydrogen-bond acceptors (Lipinski definition) is 3. The smallest absolute Gasteiger partial charge is 0.324 e. The quantitative estimate of drug-likeness (QED) is 0.659. The zero-order chi connectivity index (χ0) is 11.8. The molecule has 2 atom stereocenters. The van der Waals surface area contributed by atoms with E-state index in [1.54, 1.807) is 0 Å². The zero-order valence-corrected chi connectivity index (χ0v) is 9.60. The molecule has 0 spiro atoms. The average molecular weight is 212 g/mol. The fourth-order valence-corrected chi connectivity index (χ4v) is 0.859. The van der Waals surface area contributed by atoms with Gasteiger partial charge >= 0.3 is 5.97 Å². The molecular weight excluding hydrogens is 192 g/mol. The van der Waals surface area contributed by atoms with Crippen molar-refractivity contribution in [1.29, 1.82) is 0 Å². The Morgan fingerprint density at radius 1 is 1.53 bits per heavy atom. The van der Waals surface area contributed by atoms with Crippen LogP contribution in [0.3, 0.4) is 0 Å². The lowest BCUT2D eigenvalue weighted by Crippen LogP contribution is -2.27. The van der Waals surface area contributed by atoms with Crippen molar-refractivity contribution >= 4 is 12.2 Å². The summed E-state index contributed by atoms with van der Waals surface area (Å²) < 4.78 is 0. The highest BCUT2D eigenvalue weighted by Crippen LogP contribution is 2.05. The molecule has 3 N–H and O–H groups in total. The molecular formula is C11H20N2O2. The summed E-state index contributed by atoms with van der Waals surface area (Å²) in [5.74, 6) is -0.624. The highest BCUT2D eigenvalue weighted by atomic mass is 16.4. The summed E-state index contributed by atoms with van der Waals surface area (Å²) in [7, 11) is 0. The minimum Gasteiger partial charge on any atom is -0.480 e. The molecule has 0 saturated carbocycles. The molecule has 0 amide bonds. The van der Waals surface area contributed by atoms with Crippen molar-refractivity contribution in [3.63, 3.8) is 0 Å². The summed E-state index contributed by atoms with van der Waals surface area (Å²) in [6.07, 6.45) is 5.03. The first-order valence-electron chi connectivity index (χ1n) is 5.24. The number of aliphatic carboxylic acids is 1. The molecule has 0 heterocycles. The molecule has 0 saturated heterocycles. The number of nitrogens with zero attached hydrogens (tertiary/aromatic N) is 1. The summed E-state index contributed by atoms with van der Waals surface area (Å²) in [5.41, 5.74) is 6.11. The van der Waals surface area contributed by atoms with E-state index in [0.29, 0.717) is 12.3 Å². The van der Waals surface area contributed by atoms with Gasteiger partial charge in [0.05, 0.1) is 0 Å². The third kappa shape index (κ3) is 6.01. The molecule has 0 aliphatic heterocycles. The molecule has 2 unspecified atom stereocenters. The van der Waals surface area contributed by atoms with Crippen molar-refractivity contribution in [3.8, 4) is 0 Å². The lowest BCUT2D eigenvalue weighted by molar-refractivity contribution is -0.137. The van der Waals surface area contributed by atoms with E-state index >= 15 is 0 Å². The molecule has 86 valence electrons. The molecule has 0 aromatic carbocycles. The normalized spacial score (nSPS) is 16.7. The Morgan fingerprint density at radius 2 is 2.13 bits per heavy atom. The monoisotopic (exact) mass is 212 g/mol. The van der Waals surface area contributed by atoms with Crippen LogP contribution in [0.5, 0.6) is 0 Å². The van der Waals surface area contributed by atoms with Crippen LogP contribution in [0, 0.1) is 5.92 Å². The molecule has 0 rings (SSSR count). The van der Waals surface area contributed by atoms with Gasteiger partial charge in [0, 0.05) is 11.9 Å². The fourth-order valence-electron chi connectivity index (χ4n) is 0.859. The van der Waals surface area contributed by atoms with Crippen LogP contribution in [0.15, 0.2) is 16.8 Å². The van der Waals surface area contributed by atoms with Gasteiger partial charge in [-0.25, -0.2) is 0 Å². The summed E-state index contributed by atoms with van der Waals surface area (Å²) in [4.78, 5) is 14.8. The number of allylic oxidation sites excluding steroid dienone is 1. The molecule has 0 aromatic heterocycles. The Labute approximate surface area is 90.9 Å². The maximum atomic E-state index is 10.5. The first-order chi connectivity index (χ1) is 7.01. The van der Waals surface area contributed by atoms with Crippen molar-refractivity contribution in [2.45, 2.75) is 39.7 Å². The Hall–Kier alpha value is -1.16. The summed E-state index contributed by atoms with van der Waals surface area (Å²) in [6.45, 7) is 6.07. The van der Waals surface area contributed by atoms with E-state index in [9.17, 15) is 4.79 Å². The van der Waals surface area contributed by atoms with Gasteiger partial charge in [0.1, 0.15) is 6.04 Å². The molecule has 0 radical (unpaired) electrons. The van der Waals surface area contributed by atoms with Gasteiger partial charge in [0.15, 0.2) is 0 Å². The molecule has 0 aromatic rings. The maximum Gasteiger partial charge on any atom is 0.324 e. The molecule has 0 aliphatic rings. The van der Waals surface area contributed by atoms with Crippen LogP contribution in [-0.2, 0) is 4.79 Å². The third-order valence-electron chi connectivity index (χ3n) is 2.16. The highest BCUT2D eigenvalue weighted by molar-refractivity contribution is 5.75. The van der Waals surface area contributed by atoms with Gasteiger partial charge in [-0.2, -0.15) is 0 Å². The van der Waals surface area contributed by atoms with E-state index in [0.717, 1.165) is 12.1 Å². The van der Waals surface area contributed by atoms with E-state index in [2.05, 4.69) is 18.8 Å². The van der Waals surface area contributed by atoms with E-state index in [1.165, 1.54) is 6.08 Å². The Balaban J connectivity index is 4.48. The molecule has 4 nitrogen and oxygen atoms in total. The molecule has 0 fully saturated rings. The predicted octanol–water partition coefficient (Wildman–Crippen LogP) is 1.81. The van der Waals surface area contributed by atoms with Gasteiger partial charge in [0.25, 0.3) is 0 Å². The maximum absolute atomic E-state index is 10.5. The van der Waals surface area contributed by atoms with Crippen LogP contribution in [-0.4, -0.2) is 23.3 Å². The van der Waals surface area contributed by atoms with Crippen molar-refractivity contribution in [2.75, 3.05) is 0 Å². The van der Waals surface area contributed by atoms with Crippen molar-refractivity contribution < 1.29 is 9.90 Å². The van der Waals surface area contributed by atoms with Gasteiger partial charge in [-0.1, -0.05) is 20.8 Å². The third-order valence-corrected chi connectivity index (χ3v) is 2.16. The second-order valence-corrected chi connectivity index (χ2v) is 3.54. The largest absolute Gasteiger partial charge is 0.480 e. The number of carboxylic acid groups (broad SMARTS) is 1. The van der Waals surface area contributed by atoms with Crippen LogP contribution in [0.4, 0.5) is 0 Å².